The minimum atomic E-state index is -3.64. The lowest BCUT2D eigenvalue weighted by molar-refractivity contribution is 0.0746. The summed E-state index contributed by atoms with van der Waals surface area (Å²) in [6, 6.07) is 10.1. The zero-order valence-corrected chi connectivity index (χ0v) is 22.7. The van der Waals surface area contributed by atoms with Crippen LogP contribution < -0.4 is 4.90 Å². The van der Waals surface area contributed by atoms with E-state index in [1.807, 2.05) is 19.1 Å². The summed E-state index contributed by atoms with van der Waals surface area (Å²) in [4.78, 5) is 22.1. The maximum Gasteiger partial charge on any atom is 0.253 e. The number of benzene rings is 2. The first-order valence-electron chi connectivity index (χ1n) is 12.0. The minimum absolute atomic E-state index is 0.0620. The summed E-state index contributed by atoms with van der Waals surface area (Å²) in [7, 11) is -2.08. The zero-order valence-electron chi connectivity index (χ0n) is 20.3. The van der Waals surface area contributed by atoms with Gasteiger partial charge in [0.2, 0.25) is 10.0 Å². The molecule has 36 heavy (non-hydrogen) atoms. The predicted molar refractivity (Wildman–Crippen MR) is 143 cm³/mol. The van der Waals surface area contributed by atoms with Crippen molar-refractivity contribution < 1.29 is 17.9 Å². The van der Waals surface area contributed by atoms with Crippen molar-refractivity contribution >= 4 is 54.2 Å². The Bertz CT molecular complexity index is 1320. The highest BCUT2D eigenvalue weighted by Crippen LogP contribution is 2.36. The molecule has 1 aromatic heterocycles. The highest BCUT2D eigenvalue weighted by Gasteiger charge is 2.28. The van der Waals surface area contributed by atoms with Crippen LogP contribution in [0.4, 0.5) is 5.13 Å². The number of piperazine rings is 1. The maximum atomic E-state index is 13.1. The fraction of sp³-hybridized carbons (Fsp3) is 0.440. The van der Waals surface area contributed by atoms with Gasteiger partial charge in [0, 0.05) is 51.9 Å². The lowest BCUT2D eigenvalue weighted by Crippen LogP contribution is -2.48. The molecule has 0 spiro atoms. The molecule has 1 unspecified atom stereocenters. The number of fused-ring (bicyclic) bond motifs is 1. The Hall–Kier alpha value is -2.24. The molecule has 2 aliphatic rings. The van der Waals surface area contributed by atoms with Gasteiger partial charge in [-0.2, -0.15) is 4.31 Å². The number of ether oxygens (including phenoxy) is 1. The quantitative estimate of drug-likeness (QED) is 0.463. The summed E-state index contributed by atoms with van der Waals surface area (Å²) in [5, 5.41) is 1.62. The normalized spacial score (nSPS) is 18.9. The van der Waals surface area contributed by atoms with E-state index in [1.165, 1.54) is 16.4 Å². The molecule has 2 aliphatic heterocycles. The second-order valence-electron chi connectivity index (χ2n) is 9.26. The number of likely N-dealkylation sites (N-methyl/N-ethyl adjacent to an activating group) is 1. The minimum Gasteiger partial charge on any atom is -0.377 e. The maximum absolute atomic E-state index is 13.1. The van der Waals surface area contributed by atoms with Gasteiger partial charge in [0.05, 0.1) is 26.2 Å². The third-order valence-corrected chi connectivity index (χ3v) is 10.2. The van der Waals surface area contributed by atoms with Gasteiger partial charge in [-0.3, -0.25) is 4.79 Å². The number of hydrogen-bond acceptors (Lipinski definition) is 7. The van der Waals surface area contributed by atoms with E-state index in [1.54, 1.807) is 35.4 Å². The zero-order chi connectivity index (χ0) is 25.4. The molecule has 192 valence electrons. The molecule has 8 nitrogen and oxygen atoms in total. The van der Waals surface area contributed by atoms with Crippen molar-refractivity contribution in [2.45, 2.75) is 30.8 Å². The van der Waals surface area contributed by atoms with Crippen molar-refractivity contribution in [3.8, 4) is 0 Å². The first-order chi connectivity index (χ1) is 17.2. The van der Waals surface area contributed by atoms with Crippen LogP contribution in [-0.2, 0) is 14.8 Å². The summed E-state index contributed by atoms with van der Waals surface area (Å²) >= 11 is 7.94. The molecular weight excluding hydrogens is 520 g/mol. The van der Waals surface area contributed by atoms with Crippen molar-refractivity contribution in [2.24, 2.45) is 0 Å². The van der Waals surface area contributed by atoms with Crippen LogP contribution in [-0.4, -0.2) is 81.0 Å². The molecule has 1 atom stereocenters. The van der Waals surface area contributed by atoms with E-state index in [-0.39, 0.29) is 16.9 Å². The Labute approximate surface area is 220 Å². The number of aryl methyl sites for hydroxylation is 1. The molecule has 2 saturated heterocycles. The number of carbonyl (C=O) groups is 1. The van der Waals surface area contributed by atoms with Crippen LogP contribution in [0.5, 0.6) is 0 Å². The molecule has 3 heterocycles. The molecule has 11 heteroatoms. The number of carbonyl (C=O) groups excluding carboxylic acids is 1. The Morgan fingerprint density at radius 3 is 2.53 bits per heavy atom. The average molecular weight is 549 g/mol. The van der Waals surface area contributed by atoms with Gasteiger partial charge >= 0.3 is 0 Å². The van der Waals surface area contributed by atoms with Gasteiger partial charge in [0.25, 0.3) is 5.91 Å². The Morgan fingerprint density at radius 2 is 1.89 bits per heavy atom. The third kappa shape index (κ3) is 4.97. The second kappa shape index (κ2) is 10.3. The number of thiazole rings is 1. The fourth-order valence-corrected chi connectivity index (χ4v) is 7.20. The summed E-state index contributed by atoms with van der Waals surface area (Å²) in [5.41, 5.74) is 2.50. The van der Waals surface area contributed by atoms with E-state index in [2.05, 4.69) is 4.90 Å². The number of nitrogens with zero attached hydrogens (tertiary/aromatic N) is 4. The molecule has 0 radical (unpaired) electrons. The van der Waals surface area contributed by atoms with Crippen molar-refractivity contribution in [3.63, 3.8) is 0 Å². The number of rotatable bonds is 6. The van der Waals surface area contributed by atoms with E-state index in [4.69, 9.17) is 21.3 Å². The average Bonchev–Trinajstić information content (AvgIpc) is 3.57. The molecule has 5 rings (SSSR count). The van der Waals surface area contributed by atoms with E-state index < -0.39 is 10.0 Å². The molecular formula is C25H29ClN4O4S2. The summed E-state index contributed by atoms with van der Waals surface area (Å²) in [6.07, 6.45) is 1.76. The van der Waals surface area contributed by atoms with Gasteiger partial charge in [-0.15, -0.1) is 0 Å². The molecule has 3 aromatic rings. The fourth-order valence-electron chi connectivity index (χ4n) is 4.63. The van der Waals surface area contributed by atoms with Gasteiger partial charge in [0.1, 0.15) is 0 Å². The number of amides is 1. The van der Waals surface area contributed by atoms with Crippen LogP contribution in [0.15, 0.2) is 41.3 Å². The van der Waals surface area contributed by atoms with Crippen LogP contribution in [0.3, 0.4) is 0 Å². The lowest BCUT2D eigenvalue weighted by atomic mass is 10.2. The third-order valence-electron chi connectivity index (χ3n) is 6.82. The largest absolute Gasteiger partial charge is 0.377 e. The van der Waals surface area contributed by atoms with Gasteiger partial charge in [-0.05, 0) is 55.7 Å². The van der Waals surface area contributed by atoms with Crippen LogP contribution in [0.1, 0.15) is 28.8 Å². The van der Waals surface area contributed by atoms with E-state index in [0.717, 1.165) is 33.8 Å². The van der Waals surface area contributed by atoms with Gasteiger partial charge in [-0.1, -0.05) is 29.0 Å². The molecule has 0 N–H and O–H groups in total. The summed E-state index contributed by atoms with van der Waals surface area (Å²) in [6.45, 7) is 5.49. The van der Waals surface area contributed by atoms with Crippen LogP contribution in [0, 0.1) is 6.92 Å². The number of hydrogen-bond donors (Lipinski definition) is 0. The van der Waals surface area contributed by atoms with E-state index in [9.17, 15) is 13.2 Å². The molecule has 0 aliphatic carbocycles. The first kappa shape index (κ1) is 25.4. The van der Waals surface area contributed by atoms with Gasteiger partial charge < -0.3 is 14.5 Å². The molecule has 0 saturated carbocycles. The summed E-state index contributed by atoms with van der Waals surface area (Å²) in [5.74, 6) is -0.102. The highest BCUT2D eigenvalue weighted by molar-refractivity contribution is 7.89. The number of sulfonamides is 1. The highest BCUT2D eigenvalue weighted by atomic mass is 35.5. The van der Waals surface area contributed by atoms with Gasteiger partial charge in [-0.25, -0.2) is 13.4 Å². The Kier molecular flexibility index (Phi) is 7.24. The van der Waals surface area contributed by atoms with Crippen LogP contribution in [0.25, 0.3) is 10.2 Å². The van der Waals surface area contributed by atoms with Crippen molar-refractivity contribution in [3.05, 3.63) is 52.5 Å². The van der Waals surface area contributed by atoms with Gasteiger partial charge in [0.15, 0.2) is 5.13 Å². The van der Waals surface area contributed by atoms with E-state index >= 15 is 0 Å². The molecule has 2 fully saturated rings. The molecule has 1 amide bonds. The predicted octanol–water partition coefficient (Wildman–Crippen LogP) is 4.02. The smallest absolute Gasteiger partial charge is 0.253 e. The van der Waals surface area contributed by atoms with Crippen LogP contribution >= 0.6 is 22.9 Å². The second-order valence-corrected chi connectivity index (χ2v) is 12.7. The lowest BCUT2D eigenvalue weighted by Gasteiger charge is -2.34. The van der Waals surface area contributed by atoms with Crippen LogP contribution in [0.2, 0.25) is 5.02 Å². The summed E-state index contributed by atoms with van der Waals surface area (Å²) < 4.78 is 33.8. The molecule has 2 aromatic carbocycles. The Morgan fingerprint density at radius 1 is 1.17 bits per heavy atom. The number of halogens is 1. The van der Waals surface area contributed by atoms with Crippen molar-refractivity contribution in [2.75, 3.05) is 51.3 Å². The topological polar surface area (TPSA) is 83.1 Å². The SMILES string of the molecule is Cc1ccc(Cl)c2sc(N3CCN(C(=O)c4ccc(S(=O)(=O)N(C)CC5CCCO5)cc4)CC3)nc12. The number of aromatic nitrogens is 1. The first-order valence-corrected chi connectivity index (χ1v) is 14.7. The van der Waals surface area contributed by atoms with Crippen molar-refractivity contribution in [1.82, 2.24) is 14.2 Å². The Balaban J connectivity index is 1.22. The molecule has 0 bridgehead atoms. The monoisotopic (exact) mass is 548 g/mol. The van der Waals surface area contributed by atoms with E-state index in [0.29, 0.717) is 49.9 Å². The standard InChI is InChI=1S/C25H29ClN4O4S2/c1-17-5-10-21(26)23-22(17)27-25(35-23)30-13-11-29(12-14-30)24(31)18-6-8-20(9-7-18)36(32,33)28(2)16-19-4-3-15-34-19/h5-10,19H,3-4,11-16H2,1-2H3. The van der Waals surface area contributed by atoms with Crippen molar-refractivity contribution in [1.29, 1.82) is 0 Å². The number of anilines is 1.